The van der Waals surface area contributed by atoms with E-state index in [1.807, 2.05) is 13.8 Å². The molecule has 0 aromatic rings. The predicted molar refractivity (Wildman–Crippen MR) is 80.7 cm³/mol. The average Bonchev–Trinajstić information content (AvgIpc) is 2.43. The van der Waals surface area contributed by atoms with Crippen molar-refractivity contribution in [2.45, 2.75) is 46.0 Å². The van der Waals surface area contributed by atoms with Crippen LogP contribution in [0.1, 0.15) is 46.0 Å². The topological polar surface area (TPSA) is 87.7 Å². The summed E-state index contributed by atoms with van der Waals surface area (Å²) in [5, 5.41) is 14.9. The fraction of sp³-hybridized carbons (Fsp3) is 0.875. The zero-order valence-electron chi connectivity index (χ0n) is 13.0. The van der Waals surface area contributed by atoms with E-state index >= 15 is 0 Å². The highest BCUT2D eigenvalue weighted by atomic mass is 16.4. The van der Waals surface area contributed by atoms with Gasteiger partial charge in [0, 0.05) is 17.9 Å². The van der Waals surface area contributed by atoms with Gasteiger partial charge in [0.15, 0.2) is 0 Å². The zero-order valence-corrected chi connectivity index (χ0v) is 13.0. The Morgan fingerprint density at radius 2 is 1.71 bits per heavy atom. The van der Waals surface area contributed by atoms with Crippen molar-refractivity contribution in [3.63, 3.8) is 0 Å². The standard InChI is InChI=1S/C16H27N3O2/c1-16(2,15(17)19-21)8-18-14(20)13-11-4-9-3-10(6-11)7-12(13)5-9/h9-13,21H,3-8H2,1-2H3,(H2,17,19)(H,18,20). The summed E-state index contributed by atoms with van der Waals surface area (Å²) in [5.74, 6) is 3.48. The Balaban J connectivity index is 1.61. The number of carbonyl (C=O) groups excluding carboxylic acids is 1. The van der Waals surface area contributed by atoms with Gasteiger partial charge >= 0.3 is 0 Å². The van der Waals surface area contributed by atoms with Crippen molar-refractivity contribution in [3.8, 4) is 0 Å². The Kier molecular flexibility index (Phi) is 3.62. The summed E-state index contributed by atoms with van der Waals surface area (Å²) in [6.07, 6.45) is 6.38. The number of nitrogens with zero attached hydrogens (tertiary/aromatic N) is 1. The van der Waals surface area contributed by atoms with E-state index in [-0.39, 0.29) is 17.7 Å². The van der Waals surface area contributed by atoms with Crippen LogP contribution in [0.2, 0.25) is 0 Å². The quantitative estimate of drug-likeness (QED) is 0.320. The summed E-state index contributed by atoms with van der Waals surface area (Å²) < 4.78 is 0. The maximum Gasteiger partial charge on any atom is 0.223 e. The number of rotatable bonds is 4. The number of nitrogens with two attached hydrogens (primary N) is 1. The zero-order chi connectivity index (χ0) is 15.2. The van der Waals surface area contributed by atoms with Crippen molar-refractivity contribution in [1.29, 1.82) is 0 Å². The average molecular weight is 293 g/mol. The van der Waals surface area contributed by atoms with Gasteiger partial charge in [-0.2, -0.15) is 0 Å². The molecule has 4 N–H and O–H groups in total. The third kappa shape index (κ3) is 2.62. The molecule has 0 radical (unpaired) electrons. The lowest BCUT2D eigenvalue weighted by Crippen LogP contribution is -2.52. The molecule has 0 aromatic heterocycles. The van der Waals surface area contributed by atoms with Gasteiger partial charge in [-0.1, -0.05) is 19.0 Å². The number of hydrogen-bond acceptors (Lipinski definition) is 3. The van der Waals surface area contributed by atoms with Crippen LogP contribution in [-0.2, 0) is 4.79 Å². The van der Waals surface area contributed by atoms with E-state index < -0.39 is 5.41 Å². The van der Waals surface area contributed by atoms with Crippen LogP contribution in [0.3, 0.4) is 0 Å². The van der Waals surface area contributed by atoms with E-state index in [4.69, 9.17) is 10.9 Å². The molecule has 5 nitrogen and oxygen atoms in total. The molecular weight excluding hydrogens is 266 g/mol. The van der Waals surface area contributed by atoms with Crippen molar-refractivity contribution < 1.29 is 10.0 Å². The molecule has 4 saturated carbocycles. The second-order valence-corrected chi connectivity index (χ2v) is 8.04. The van der Waals surface area contributed by atoms with Crippen LogP contribution in [0.25, 0.3) is 0 Å². The van der Waals surface area contributed by atoms with Gasteiger partial charge < -0.3 is 16.3 Å². The van der Waals surface area contributed by atoms with E-state index in [0.29, 0.717) is 18.4 Å². The SMILES string of the molecule is CC(C)(CNC(=O)C1C2CC3CC(C2)CC1C3)C(N)=NO. The molecule has 21 heavy (non-hydrogen) atoms. The largest absolute Gasteiger partial charge is 0.409 e. The van der Waals surface area contributed by atoms with Crippen molar-refractivity contribution in [2.75, 3.05) is 6.54 Å². The predicted octanol–water partition coefficient (Wildman–Crippen LogP) is 1.95. The smallest absolute Gasteiger partial charge is 0.223 e. The Bertz CT molecular complexity index is 430. The maximum absolute atomic E-state index is 12.6. The number of amidine groups is 1. The minimum Gasteiger partial charge on any atom is -0.409 e. The fourth-order valence-corrected chi connectivity index (χ4v) is 5.01. The first kappa shape index (κ1) is 14.7. The van der Waals surface area contributed by atoms with E-state index in [9.17, 15) is 4.79 Å². The molecule has 4 rings (SSSR count). The number of nitrogens with one attached hydrogen (secondary N) is 1. The molecule has 0 aliphatic heterocycles. The molecule has 4 bridgehead atoms. The summed E-state index contributed by atoms with van der Waals surface area (Å²) in [6.45, 7) is 4.17. The van der Waals surface area contributed by atoms with Crippen LogP contribution in [0, 0.1) is 35.0 Å². The molecule has 4 aliphatic rings. The number of hydrogen-bond donors (Lipinski definition) is 3. The molecule has 0 saturated heterocycles. The Morgan fingerprint density at radius 1 is 1.19 bits per heavy atom. The maximum atomic E-state index is 12.6. The minimum absolute atomic E-state index is 0.160. The Labute approximate surface area is 126 Å². The van der Waals surface area contributed by atoms with Gasteiger partial charge in [0.25, 0.3) is 0 Å². The lowest BCUT2D eigenvalue weighted by atomic mass is 9.51. The first-order valence-corrected chi connectivity index (χ1v) is 8.16. The number of carbonyl (C=O) groups is 1. The molecule has 0 aromatic carbocycles. The van der Waals surface area contributed by atoms with E-state index in [1.54, 1.807) is 0 Å². The van der Waals surface area contributed by atoms with Gasteiger partial charge in [0.2, 0.25) is 5.91 Å². The normalized spacial score (nSPS) is 38.6. The lowest BCUT2D eigenvalue weighted by Gasteiger charge is -2.53. The highest BCUT2D eigenvalue weighted by molar-refractivity contribution is 5.86. The minimum atomic E-state index is -0.518. The van der Waals surface area contributed by atoms with Gasteiger partial charge in [-0.05, 0) is 55.8 Å². The molecular formula is C16H27N3O2. The van der Waals surface area contributed by atoms with Crippen LogP contribution < -0.4 is 11.1 Å². The van der Waals surface area contributed by atoms with Gasteiger partial charge in [0.1, 0.15) is 5.84 Å². The fourth-order valence-electron chi connectivity index (χ4n) is 5.01. The molecule has 0 unspecified atom stereocenters. The third-order valence-electron chi connectivity index (χ3n) is 6.04. The second-order valence-electron chi connectivity index (χ2n) is 8.04. The molecule has 0 atom stereocenters. The first-order valence-electron chi connectivity index (χ1n) is 8.16. The summed E-state index contributed by atoms with van der Waals surface area (Å²) in [7, 11) is 0. The van der Waals surface area contributed by atoms with Crippen molar-refractivity contribution in [3.05, 3.63) is 0 Å². The summed E-state index contributed by atoms with van der Waals surface area (Å²) in [6, 6.07) is 0. The molecule has 0 heterocycles. The molecule has 118 valence electrons. The van der Waals surface area contributed by atoms with Crippen LogP contribution in [0.4, 0.5) is 0 Å². The van der Waals surface area contributed by atoms with Crippen molar-refractivity contribution in [1.82, 2.24) is 5.32 Å². The van der Waals surface area contributed by atoms with Crippen molar-refractivity contribution >= 4 is 11.7 Å². The molecule has 0 spiro atoms. The lowest BCUT2D eigenvalue weighted by molar-refractivity contribution is -0.138. The Morgan fingerprint density at radius 3 is 2.19 bits per heavy atom. The summed E-state index contributed by atoms with van der Waals surface area (Å²) >= 11 is 0. The van der Waals surface area contributed by atoms with Crippen LogP contribution in [0.15, 0.2) is 5.16 Å². The molecule has 4 fully saturated rings. The van der Waals surface area contributed by atoms with Crippen LogP contribution in [0.5, 0.6) is 0 Å². The van der Waals surface area contributed by atoms with Crippen LogP contribution in [-0.4, -0.2) is 23.5 Å². The Hall–Kier alpha value is -1.26. The van der Waals surface area contributed by atoms with E-state index in [0.717, 1.165) is 11.8 Å². The van der Waals surface area contributed by atoms with Crippen molar-refractivity contribution in [2.24, 2.45) is 45.9 Å². The third-order valence-corrected chi connectivity index (χ3v) is 6.04. The highest BCUT2D eigenvalue weighted by Crippen LogP contribution is 2.56. The summed E-state index contributed by atoms with van der Waals surface area (Å²) in [5.41, 5.74) is 5.16. The number of amides is 1. The monoisotopic (exact) mass is 293 g/mol. The molecule has 5 heteroatoms. The molecule has 1 amide bonds. The highest BCUT2D eigenvalue weighted by Gasteiger charge is 2.50. The first-order chi connectivity index (χ1) is 9.90. The van der Waals surface area contributed by atoms with E-state index in [1.165, 1.54) is 32.1 Å². The van der Waals surface area contributed by atoms with Gasteiger partial charge in [-0.3, -0.25) is 4.79 Å². The van der Waals surface area contributed by atoms with Crippen LogP contribution >= 0.6 is 0 Å². The number of oxime groups is 1. The van der Waals surface area contributed by atoms with Gasteiger partial charge in [0.05, 0.1) is 0 Å². The van der Waals surface area contributed by atoms with Gasteiger partial charge in [-0.15, -0.1) is 0 Å². The second kappa shape index (κ2) is 5.18. The summed E-state index contributed by atoms with van der Waals surface area (Å²) in [4.78, 5) is 12.6. The molecule has 4 aliphatic carbocycles. The van der Waals surface area contributed by atoms with E-state index in [2.05, 4.69) is 10.5 Å². The van der Waals surface area contributed by atoms with Gasteiger partial charge in [-0.25, -0.2) is 0 Å².